The molecule has 1 aromatic rings. The third-order valence-corrected chi connectivity index (χ3v) is 2.01. The van der Waals surface area contributed by atoms with Gasteiger partial charge in [0.2, 0.25) is 0 Å². The van der Waals surface area contributed by atoms with Crippen molar-refractivity contribution in [3.63, 3.8) is 0 Å². The zero-order chi connectivity index (χ0) is 11.1. The van der Waals surface area contributed by atoms with E-state index < -0.39 is 0 Å². The Kier molecular flexibility index (Phi) is 4.60. The van der Waals surface area contributed by atoms with Crippen LogP contribution in [-0.4, -0.2) is 15.7 Å². The lowest BCUT2D eigenvalue weighted by Crippen LogP contribution is -2.18. The van der Waals surface area contributed by atoms with Gasteiger partial charge < -0.3 is 4.84 Å². The fourth-order valence-corrected chi connectivity index (χ4v) is 1.23. The van der Waals surface area contributed by atoms with Crippen LogP contribution in [0.3, 0.4) is 0 Å². The van der Waals surface area contributed by atoms with Gasteiger partial charge in [-0.1, -0.05) is 19.1 Å². The topological polar surface area (TPSA) is 44.1 Å². The van der Waals surface area contributed by atoms with Crippen LogP contribution in [0, 0.1) is 5.92 Å². The lowest BCUT2D eigenvalue weighted by Gasteiger charge is -2.05. The van der Waals surface area contributed by atoms with Crippen molar-refractivity contribution < 1.29 is 9.63 Å². The molecule has 0 amide bonds. The second-order valence-electron chi connectivity index (χ2n) is 3.43. The highest BCUT2D eigenvalue weighted by molar-refractivity contribution is 5.69. The number of nitrogens with zero attached hydrogens (tertiary/aromatic N) is 2. The van der Waals surface area contributed by atoms with Gasteiger partial charge in [-0.3, -0.25) is 0 Å². The molecule has 0 radical (unpaired) electrons. The van der Waals surface area contributed by atoms with E-state index in [0.717, 1.165) is 6.42 Å². The van der Waals surface area contributed by atoms with E-state index in [9.17, 15) is 4.79 Å². The van der Waals surface area contributed by atoms with E-state index in [0.29, 0.717) is 12.3 Å². The minimum Gasteiger partial charge on any atom is -0.336 e. The van der Waals surface area contributed by atoms with Crippen molar-refractivity contribution in [3.05, 3.63) is 30.9 Å². The molecule has 0 saturated carbocycles. The molecule has 0 spiro atoms. The maximum absolute atomic E-state index is 11.3. The van der Waals surface area contributed by atoms with Crippen LogP contribution in [0.2, 0.25) is 0 Å². The van der Waals surface area contributed by atoms with Crippen molar-refractivity contribution in [1.82, 2.24) is 9.71 Å². The summed E-state index contributed by atoms with van der Waals surface area (Å²) < 4.78 is 1.31. The molecule has 0 aliphatic rings. The fraction of sp³-hybridized carbons (Fsp3) is 0.455. The van der Waals surface area contributed by atoms with E-state index in [-0.39, 0.29) is 5.97 Å². The molecule has 1 aromatic heterocycles. The van der Waals surface area contributed by atoms with Crippen molar-refractivity contribution in [3.8, 4) is 0 Å². The highest BCUT2D eigenvalue weighted by Gasteiger charge is 2.06. The summed E-state index contributed by atoms with van der Waals surface area (Å²) in [7, 11) is 0. The van der Waals surface area contributed by atoms with Gasteiger partial charge in [-0.05, 0) is 19.3 Å². The van der Waals surface area contributed by atoms with E-state index in [1.807, 2.05) is 13.0 Å². The Morgan fingerprint density at radius 1 is 1.67 bits per heavy atom. The fourth-order valence-electron chi connectivity index (χ4n) is 1.23. The molecule has 15 heavy (non-hydrogen) atoms. The van der Waals surface area contributed by atoms with E-state index in [4.69, 9.17) is 4.84 Å². The van der Waals surface area contributed by atoms with Crippen LogP contribution in [0.1, 0.15) is 26.7 Å². The smallest absolute Gasteiger partial charge is 0.332 e. The van der Waals surface area contributed by atoms with E-state index >= 15 is 0 Å². The second kappa shape index (κ2) is 6.01. The number of imidazole rings is 1. The van der Waals surface area contributed by atoms with Gasteiger partial charge in [-0.15, -0.1) is 0 Å². The zero-order valence-corrected chi connectivity index (χ0v) is 9.09. The quantitative estimate of drug-likeness (QED) is 0.693. The molecular formula is C11H16N2O2. The first-order valence-corrected chi connectivity index (χ1v) is 5.04. The maximum atomic E-state index is 11.3. The van der Waals surface area contributed by atoms with E-state index in [1.165, 1.54) is 11.1 Å². The standard InChI is InChI=1S/C11H16N2O2/c1-3-4-10(2)5-6-11(14)15-13-8-7-12-9-13/h3-4,7-10H,5-6H2,1-2H3. The summed E-state index contributed by atoms with van der Waals surface area (Å²) in [6, 6.07) is 0. The third-order valence-electron chi connectivity index (χ3n) is 2.01. The Balaban J connectivity index is 2.25. The predicted octanol–water partition coefficient (Wildman–Crippen LogP) is 1.83. The first-order valence-electron chi connectivity index (χ1n) is 5.04. The van der Waals surface area contributed by atoms with E-state index in [1.54, 1.807) is 12.4 Å². The number of hydrogen-bond donors (Lipinski definition) is 0. The van der Waals surface area contributed by atoms with Gasteiger partial charge in [0, 0.05) is 12.6 Å². The Bertz CT molecular complexity index is 317. The number of carbonyl (C=O) groups is 1. The highest BCUT2D eigenvalue weighted by atomic mass is 16.7. The summed E-state index contributed by atoms with van der Waals surface area (Å²) >= 11 is 0. The number of carbonyl (C=O) groups excluding carboxylic acids is 1. The molecule has 1 unspecified atom stereocenters. The summed E-state index contributed by atoms with van der Waals surface area (Å²) in [4.78, 5) is 20.1. The van der Waals surface area contributed by atoms with Gasteiger partial charge >= 0.3 is 5.97 Å². The van der Waals surface area contributed by atoms with Crippen LogP contribution in [-0.2, 0) is 4.79 Å². The number of rotatable bonds is 5. The number of aromatic nitrogens is 2. The van der Waals surface area contributed by atoms with Gasteiger partial charge in [-0.2, -0.15) is 4.73 Å². The number of allylic oxidation sites excluding steroid dienone is 2. The maximum Gasteiger partial charge on any atom is 0.332 e. The Labute approximate surface area is 89.5 Å². The molecule has 1 heterocycles. The van der Waals surface area contributed by atoms with Gasteiger partial charge in [0.1, 0.15) is 6.33 Å². The molecular weight excluding hydrogens is 192 g/mol. The Morgan fingerprint density at radius 3 is 3.07 bits per heavy atom. The molecule has 0 saturated heterocycles. The summed E-state index contributed by atoms with van der Waals surface area (Å²) in [6.07, 6.45) is 9.90. The van der Waals surface area contributed by atoms with Crippen LogP contribution < -0.4 is 4.84 Å². The average molecular weight is 208 g/mol. The SMILES string of the molecule is CC=CC(C)CCC(=O)On1ccnc1. The van der Waals surface area contributed by atoms with Crippen molar-refractivity contribution >= 4 is 5.97 Å². The first-order chi connectivity index (χ1) is 7.22. The van der Waals surface area contributed by atoms with Gasteiger partial charge in [0.15, 0.2) is 0 Å². The Hall–Kier alpha value is -1.58. The molecule has 0 aromatic carbocycles. The average Bonchev–Trinajstić information content (AvgIpc) is 2.68. The molecule has 4 heteroatoms. The molecule has 1 rings (SSSR count). The van der Waals surface area contributed by atoms with Crippen molar-refractivity contribution in [2.45, 2.75) is 26.7 Å². The normalized spacial score (nSPS) is 12.9. The molecule has 82 valence electrons. The van der Waals surface area contributed by atoms with Crippen molar-refractivity contribution in [1.29, 1.82) is 0 Å². The summed E-state index contributed by atoms with van der Waals surface area (Å²) in [6.45, 7) is 4.05. The first kappa shape index (κ1) is 11.5. The lowest BCUT2D eigenvalue weighted by atomic mass is 10.1. The molecule has 1 atom stereocenters. The molecule has 0 bridgehead atoms. The van der Waals surface area contributed by atoms with Gasteiger partial charge in [-0.25, -0.2) is 9.78 Å². The minimum absolute atomic E-state index is 0.232. The van der Waals surface area contributed by atoms with Crippen LogP contribution >= 0.6 is 0 Å². The number of hydrogen-bond acceptors (Lipinski definition) is 3. The summed E-state index contributed by atoms with van der Waals surface area (Å²) in [5, 5.41) is 0. The summed E-state index contributed by atoms with van der Waals surface area (Å²) in [5.41, 5.74) is 0. The molecule has 0 aliphatic heterocycles. The van der Waals surface area contributed by atoms with E-state index in [2.05, 4.69) is 18.0 Å². The zero-order valence-electron chi connectivity index (χ0n) is 9.09. The largest absolute Gasteiger partial charge is 0.336 e. The molecule has 0 N–H and O–H groups in total. The predicted molar refractivity (Wildman–Crippen MR) is 57.0 cm³/mol. The van der Waals surface area contributed by atoms with Crippen LogP contribution in [0.25, 0.3) is 0 Å². The highest BCUT2D eigenvalue weighted by Crippen LogP contribution is 2.07. The van der Waals surface area contributed by atoms with Gasteiger partial charge in [0.05, 0.1) is 6.20 Å². The van der Waals surface area contributed by atoms with Crippen LogP contribution in [0.15, 0.2) is 30.9 Å². The minimum atomic E-state index is -0.232. The molecule has 4 nitrogen and oxygen atoms in total. The van der Waals surface area contributed by atoms with Crippen LogP contribution in [0.4, 0.5) is 0 Å². The lowest BCUT2D eigenvalue weighted by molar-refractivity contribution is -0.144. The Morgan fingerprint density at radius 2 is 2.47 bits per heavy atom. The summed E-state index contributed by atoms with van der Waals surface area (Å²) in [5.74, 6) is 0.176. The monoisotopic (exact) mass is 208 g/mol. The van der Waals surface area contributed by atoms with Crippen molar-refractivity contribution in [2.24, 2.45) is 5.92 Å². The van der Waals surface area contributed by atoms with Gasteiger partial charge in [0.25, 0.3) is 0 Å². The molecule has 0 fully saturated rings. The second-order valence-corrected chi connectivity index (χ2v) is 3.43. The van der Waals surface area contributed by atoms with Crippen molar-refractivity contribution in [2.75, 3.05) is 0 Å². The third kappa shape index (κ3) is 4.44. The van der Waals surface area contributed by atoms with Crippen LogP contribution in [0.5, 0.6) is 0 Å². The molecule has 0 aliphatic carbocycles.